The first kappa shape index (κ1) is 32.2. The van der Waals surface area contributed by atoms with Gasteiger partial charge < -0.3 is 15.0 Å². The first-order valence-electron chi connectivity index (χ1n) is 12.7. The predicted octanol–water partition coefficient (Wildman–Crippen LogP) is 4.78. The molecule has 0 rings (SSSR count). The first-order valence-corrected chi connectivity index (χ1v) is 12.7. The zero-order valence-corrected chi connectivity index (χ0v) is 22.4. The fourth-order valence-electron chi connectivity index (χ4n) is 3.86. The molecular weight excluding hydrogens is 383 g/mol. The number of allylic oxidation sites excluding steroid dienone is 1. The van der Waals surface area contributed by atoms with Gasteiger partial charge in [-0.25, -0.2) is 0 Å². The molecule has 30 heavy (non-hydrogen) atoms. The van der Waals surface area contributed by atoms with Crippen LogP contribution in [-0.4, -0.2) is 11.1 Å². The van der Waals surface area contributed by atoms with E-state index in [1.165, 1.54) is 122 Å². The van der Waals surface area contributed by atoms with E-state index < -0.39 is 5.97 Å². The van der Waals surface area contributed by atoms with Crippen LogP contribution in [-0.2, 0) is 4.79 Å². The quantitative estimate of drug-likeness (QED) is 0.144. The molecule has 0 bridgehead atoms. The Morgan fingerprint density at radius 3 is 1.23 bits per heavy atom. The van der Waals surface area contributed by atoms with E-state index in [9.17, 15) is 15.0 Å². The third-order valence-electron chi connectivity index (χ3n) is 5.79. The van der Waals surface area contributed by atoms with E-state index in [0.717, 1.165) is 12.8 Å². The molecule has 0 saturated carbocycles. The van der Waals surface area contributed by atoms with E-state index in [-0.39, 0.29) is 41.7 Å². The summed E-state index contributed by atoms with van der Waals surface area (Å²) in [5, 5.41) is 19.8. The molecule has 4 heteroatoms. The molecule has 0 aliphatic rings. The van der Waals surface area contributed by atoms with Gasteiger partial charge in [-0.3, -0.25) is 0 Å². The number of aliphatic hydroxyl groups is 1. The summed E-state index contributed by atoms with van der Waals surface area (Å²) < 4.78 is 0. The van der Waals surface area contributed by atoms with Crippen LogP contribution in [0.5, 0.6) is 0 Å². The topological polar surface area (TPSA) is 60.4 Å². The maximum atomic E-state index is 10.3. The van der Waals surface area contributed by atoms with Crippen LogP contribution in [0.25, 0.3) is 0 Å². The maximum Gasteiger partial charge on any atom is 1.00 e. The van der Waals surface area contributed by atoms with Gasteiger partial charge in [-0.15, -0.1) is 0 Å². The minimum Gasteiger partial charge on any atom is -0.550 e. The summed E-state index contributed by atoms with van der Waals surface area (Å²) in [6, 6.07) is 0. The van der Waals surface area contributed by atoms with Crippen LogP contribution in [0.3, 0.4) is 0 Å². The van der Waals surface area contributed by atoms with Crippen LogP contribution in [0.1, 0.15) is 148 Å². The minimum absolute atomic E-state index is 0. The van der Waals surface area contributed by atoms with Crippen molar-refractivity contribution >= 4 is 5.97 Å². The summed E-state index contributed by atoms with van der Waals surface area (Å²) >= 11 is 0. The van der Waals surface area contributed by atoms with Crippen molar-refractivity contribution < 1.29 is 44.6 Å². The molecule has 0 spiro atoms. The number of carboxylic acid groups (broad SMARTS) is 1. The molecule has 0 heterocycles. The zero-order valence-electron chi connectivity index (χ0n) is 20.4. The standard InChI is InChI=1S/C26H50O3.Na/c1-2-3-4-5-6-7-8-9-10-11-12-13-14-15-16-17-18-19-20-21-22-25(27)23-24-26(28)29;/h23,27H,2-22,24H2,1H3,(H,28,29);/q;+1/p-1. The van der Waals surface area contributed by atoms with E-state index in [1.807, 2.05) is 0 Å². The Morgan fingerprint density at radius 2 is 0.933 bits per heavy atom. The monoisotopic (exact) mass is 432 g/mol. The number of carbonyl (C=O) groups is 1. The minimum atomic E-state index is -1.14. The van der Waals surface area contributed by atoms with E-state index in [0.29, 0.717) is 6.42 Å². The van der Waals surface area contributed by atoms with Crippen molar-refractivity contribution in [2.24, 2.45) is 0 Å². The molecule has 0 aromatic rings. The SMILES string of the molecule is CCCCCCCCCCCCCCCCCCCCCCC(O)=CCC(=O)[O-].[Na+]. The Morgan fingerprint density at radius 1 is 0.633 bits per heavy atom. The van der Waals surface area contributed by atoms with E-state index in [1.54, 1.807) is 0 Å². The van der Waals surface area contributed by atoms with Crippen molar-refractivity contribution in [3.8, 4) is 0 Å². The van der Waals surface area contributed by atoms with Gasteiger partial charge in [-0.2, -0.15) is 0 Å². The van der Waals surface area contributed by atoms with Crippen molar-refractivity contribution in [1.29, 1.82) is 0 Å². The molecule has 0 radical (unpaired) electrons. The van der Waals surface area contributed by atoms with Gasteiger partial charge in [-0.1, -0.05) is 129 Å². The second-order valence-electron chi connectivity index (χ2n) is 8.74. The van der Waals surface area contributed by atoms with Crippen LogP contribution >= 0.6 is 0 Å². The molecule has 0 aliphatic heterocycles. The Labute approximate surface area is 209 Å². The van der Waals surface area contributed by atoms with Gasteiger partial charge in [0.05, 0.1) is 5.76 Å². The number of unbranched alkanes of at least 4 members (excludes halogenated alkanes) is 19. The molecule has 3 nitrogen and oxygen atoms in total. The summed E-state index contributed by atoms with van der Waals surface area (Å²) in [7, 11) is 0. The van der Waals surface area contributed by atoms with Gasteiger partial charge in [-0.05, 0) is 12.5 Å². The van der Waals surface area contributed by atoms with Crippen molar-refractivity contribution in [3.05, 3.63) is 11.8 Å². The largest absolute Gasteiger partial charge is 1.00 e. The first-order chi connectivity index (χ1) is 14.2. The third-order valence-corrected chi connectivity index (χ3v) is 5.79. The van der Waals surface area contributed by atoms with Crippen LogP contribution in [0.2, 0.25) is 0 Å². The number of aliphatic hydroxyl groups excluding tert-OH is 1. The Bertz CT molecular complexity index is 382. The van der Waals surface area contributed by atoms with Gasteiger partial charge in [0, 0.05) is 18.8 Å². The van der Waals surface area contributed by atoms with Gasteiger partial charge in [0.15, 0.2) is 0 Å². The van der Waals surface area contributed by atoms with Crippen molar-refractivity contribution in [1.82, 2.24) is 0 Å². The smallest absolute Gasteiger partial charge is 0.550 e. The number of aliphatic carboxylic acids is 1. The predicted molar refractivity (Wildman–Crippen MR) is 123 cm³/mol. The number of hydrogen-bond donors (Lipinski definition) is 1. The van der Waals surface area contributed by atoms with Gasteiger partial charge >= 0.3 is 29.6 Å². The van der Waals surface area contributed by atoms with Crippen LogP contribution < -0.4 is 34.7 Å². The Balaban J connectivity index is 0. The van der Waals surface area contributed by atoms with Crippen LogP contribution in [0.15, 0.2) is 11.8 Å². The number of carbonyl (C=O) groups excluding carboxylic acids is 1. The average Bonchev–Trinajstić information content (AvgIpc) is 2.70. The van der Waals surface area contributed by atoms with E-state index in [4.69, 9.17) is 0 Å². The van der Waals surface area contributed by atoms with Crippen LogP contribution in [0, 0.1) is 0 Å². The fourth-order valence-corrected chi connectivity index (χ4v) is 3.86. The van der Waals surface area contributed by atoms with Crippen molar-refractivity contribution in [3.63, 3.8) is 0 Å². The number of rotatable bonds is 23. The molecule has 0 amide bonds. The third kappa shape index (κ3) is 28.0. The molecule has 172 valence electrons. The molecule has 0 saturated heterocycles. The molecule has 0 aromatic heterocycles. The average molecular weight is 433 g/mol. The van der Waals surface area contributed by atoms with E-state index in [2.05, 4.69) is 6.92 Å². The molecule has 0 unspecified atom stereocenters. The van der Waals surface area contributed by atoms with Gasteiger partial charge in [0.25, 0.3) is 0 Å². The summed E-state index contributed by atoms with van der Waals surface area (Å²) in [6.07, 6.45) is 28.9. The number of hydrogen-bond acceptors (Lipinski definition) is 3. The molecular formula is C26H49NaO3. The van der Waals surface area contributed by atoms with Crippen LogP contribution in [0.4, 0.5) is 0 Å². The summed E-state index contributed by atoms with van der Waals surface area (Å²) in [6.45, 7) is 2.28. The Kier molecular flexibility index (Phi) is 29.0. The molecule has 0 aromatic carbocycles. The summed E-state index contributed by atoms with van der Waals surface area (Å²) in [5.41, 5.74) is 0. The molecule has 0 atom stereocenters. The summed E-state index contributed by atoms with van der Waals surface area (Å²) in [4.78, 5) is 10.3. The van der Waals surface area contributed by atoms with Gasteiger partial charge in [0.2, 0.25) is 0 Å². The second kappa shape index (κ2) is 27.0. The van der Waals surface area contributed by atoms with E-state index >= 15 is 0 Å². The number of carboxylic acids is 1. The second-order valence-corrected chi connectivity index (χ2v) is 8.74. The fraction of sp³-hybridized carbons (Fsp3) is 0.885. The Hall–Kier alpha value is 0.0100. The molecule has 0 fully saturated rings. The molecule has 1 N–H and O–H groups in total. The van der Waals surface area contributed by atoms with Crippen molar-refractivity contribution in [2.75, 3.05) is 0 Å². The van der Waals surface area contributed by atoms with Gasteiger partial charge in [0.1, 0.15) is 0 Å². The zero-order chi connectivity index (χ0) is 21.4. The molecule has 0 aliphatic carbocycles. The van der Waals surface area contributed by atoms with Crippen molar-refractivity contribution in [2.45, 2.75) is 148 Å². The normalized spacial score (nSPS) is 11.4. The maximum absolute atomic E-state index is 10.3. The summed E-state index contributed by atoms with van der Waals surface area (Å²) in [5.74, 6) is -0.948.